The minimum absolute atomic E-state index is 0.0933. The zero-order valence-corrected chi connectivity index (χ0v) is 15.3. The average molecular weight is 363 g/mol. The molecule has 3 rings (SSSR count). The molecule has 134 valence electrons. The van der Waals surface area contributed by atoms with Crippen molar-refractivity contribution in [3.8, 4) is 5.75 Å². The summed E-state index contributed by atoms with van der Waals surface area (Å²) in [6.07, 6.45) is 5.43. The second-order valence-electron chi connectivity index (χ2n) is 6.71. The molecule has 1 aliphatic heterocycles. The fourth-order valence-electron chi connectivity index (χ4n) is 3.77. The molecule has 1 saturated heterocycles. The lowest BCUT2D eigenvalue weighted by Crippen LogP contribution is -2.44. The van der Waals surface area contributed by atoms with E-state index in [1.165, 1.54) is 0 Å². The summed E-state index contributed by atoms with van der Waals surface area (Å²) in [5, 5.41) is 0.590. The van der Waals surface area contributed by atoms with Gasteiger partial charge in [0.25, 0.3) is 0 Å². The van der Waals surface area contributed by atoms with Crippen LogP contribution >= 0.6 is 11.6 Å². The number of ketones is 1. The Bertz CT molecular complexity index is 712. The molecular formula is C20H23ClO4. The van der Waals surface area contributed by atoms with Gasteiger partial charge >= 0.3 is 0 Å². The predicted octanol–water partition coefficient (Wildman–Crippen LogP) is 4.32. The third-order valence-corrected chi connectivity index (χ3v) is 5.47. The van der Waals surface area contributed by atoms with Gasteiger partial charge in [0.2, 0.25) is 0 Å². The molecule has 25 heavy (non-hydrogen) atoms. The van der Waals surface area contributed by atoms with Crippen molar-refractivity contribution in [3.63, 3.8) is 0 Å². The summed E-state index contributed by atoms with van der Waals surface area (Å²) < 4.78 is 16.9. The molecule has 0 amide bonds. The summed E-state index contributed by atoms with van der Waals surface area (Å²) in [4.78, 5) is 12.3. The minimum atomic E-state index is -0.562. The van der Waals surface area contributed by atoms with E-state index in [-0.39, 0.29) is 24.4 Å². The Morgan fingerprint density at radius 3 is 3.00 bits per heavy atom. The molecular weight excluding hydrogens is 340 g/mol. The Labute approximate surface area is 153 Å². The maximum atomic E-state index is 12.3. The molecule has 1 fully saturated rings. The number of fused-ring (bicyclic) bond motifs is 1. The molecule has 0 spiro atoms. The molecule has 1 aromatic carbocycles. The minimum Gasteiger partial charge on any atom is -0.495 e. The van der Waals surface area contributed by atoms with Crippen molar-refractivity contribution in [2.45, 2.75) is 31.8 Å². The summed E-state index contributed by atoms with van der Waals surface area (Å²) in [5.74, 6) is 1.43. The van der Waals surface area contributed by atoms with Gasteiger partial charge in [-0.1, -0.05) is 30.7 Å². The van der Waals surface area contributed by atoms with Crippen LogP contribution in [0.25, 0.3) is 0 Å². The molecule has 0 N–H and O–H groups in total. The maximum absolute atomic E-state index is 12.3. The first-order valence-corrected chi connectivity index (χ1v) is 8.84. The van der Waals surface area contributed by atoms with Crippen LogP contribution in [-0.4, -0.2) is 25.3 Å². The molecule has 3 atom stereocenters. The number of ether oxygens (including phenoxy) is 3. The smallest absolute Gasteiger partial charge is 0.189 e. The van der Waals surface area contributed by atoms with Crippen LogP contribution in [0, 0.1) is 11.8 Å². The van der Waals surface area contributed by atoms with Crippen LogP contribution < -0.4 is 4.74 Å². The third-order valence-electron chi connectivity index (χ3n) is 5.18. The summed E-state index contributed by atoms with van der Waals surface area (Å²) in [6, 6.07) is 5.80. The summed E-state index contributed by atoms with van der Waals surface area (Å²) in [5.41, 5.74) is 0.535. The van der Waals surface area contributed by atoms with E-state index >= 15 is 0 Å². The lowest BCUT2D eigenvalue weighted by molar-refractivity contribution is -0.123. The zero-order valence-electron chi connectivity index (χ0n) is 14.6. The zero-order chi connectivity index (χ0) is 18.0. The first kappa shape index (κ1) is 18.0. The number of carbonyl (C=O) groups excluding carboxylic acids is 1. The van der Waals surface area contributed by atoms with Crippen molar-refractivity contribution in [2.75, 3.05) is 13.9 Å². The second kappa shape index (κ2) is 7.22. The number of allylic oxidation sites excluding steroid dienone is 2. The number of carbonyl (C=O) groups is 1. The van der Waals surface area contributed by atoms with E-state index in [0.717, 1.165) is 12.0 Å². The highest BCUT2D eigenvalue weighted by Gasteiger charge is 2.51. The SMILES string of the molecule is C=CC[C@H]1C[C@]2([C@@H](C)Cc3ccc(OC)c(Cl)c3)OCOC2=CC1=O. The van der Waals surface area contributed by atoms with Gasteiger partial charge < -0.3 is 14.2 Å². The molecule has 0 radical (unpaired) electrons. The molecule has 1 heterocycles. The first-order chi connectivity index (χ1) is 12.0. The molecule has 1 aromatic rings. The average Bonchev–Trinajstić information content (AvgIpc) is 2.99. The van der Waals surface area contributed by atoms with E-state index in [4.69, 9.17) is 25.8 Å². The van der Waals surface area contributed by atoms with Crippen LogP contribution in [0.15, 0.2) is 42.7 Å². The third kappa shape index (κ3) is 3.33. The normalized spacial score (nSPS) is 26.4. The van der Waals surface area contributed by atoms with E-state index in [1.807, 2.05) is 18.2 Å². The highest BCUT2D eigenvalue weighted by Crippen LogP contribution is 2.46. The lowest BCUT2D eigenvalue weighted by Gasteiger charge is -2.38. The van der Waals surface area contributed by atoms with Gasteiger partial charge in [0.05, 0.1) is 12.1 Å². The van der Waals surface area contributed by atoms with Gasteiger partial charge in [-0.25, -0.2) is 0 Å². The Hall–Kier alpha value is -1.78. The van der Waals surface area contributed by atoms with Crippen LogP contribution in [0.5, 0.6) is 5.75 Å². The predicted molar refractivity (Wildman–Crippen MR) is 96.7 cm³/mol. The van der Waals surface area contributed by atoms with Crippen LogP contribution in [0.2, 0.25) is 5.02 Å². The van der Waals surface area contributed by atoms with Crippen molar-refractivity contribution in [3.05, 3.63) is 53.3 Å². The van der Waals surface area contributed by atoms with Gasteiger partial charge in [-0.3, -0.25) is 4.79 Å². The monoisotopic (exact) mass is 362 g/mol. The van der Waals surface area contributed by atoms with Crippen LogP contribution in [-0.2, 0) is 20.7 Å². The Kier molecular flexibility index (Phi) is 5.21. The number of benzene rings is 1. The number of hydrogen-bond donors (Lipinski definition) is 0. The highest BCUT2D eigenvalue weighted by molar-refractivity contribution is 6.32. The van der Waals surface area contributed by atoms with Gasteiger partial charge in [-0.2, -0.15) is 0 Å². The molecule has 4 nitrogen and oxygen atoms in total. The quantitative estimate of drug-likeness (QED) is 0.707. The van der Waals surface area contributed by atoms with Crippen LogP contribution in [0.3, 0.4) is 0 Å². The van der Waals surface area contributed by atoms with E-state index < -0.39 is 5.60 Å². The Morgan fingerprint density at radius 2 is 2.32 bits per heavy atom. The largest absolute Gasteiger partial charge is 0.495 e. The summed E-state index contributed by atoms with van der Waals surface area (Å²) >= 11 is 6.24. The van der Waals surface area contributed by atoms with Crippen molar-refractivity contribution in [1.82, 2.24) is 0 Å². The summed E-state index contributed by atoms with van der Waals surface area (Å²) in [7, 11) is 1.60. The molecule has 5 heteroatoms. The van der Waals surface area contributed by atoms with Crippen molar-refractivity contribution in [2.24, 2.45) is 11.8 Å². The van der Waals surface area contributed by atoms with Gasteiger partial charge in [0.15, 0.2) is 12.6 Å². The number of rotatable bonds is 6. The van der Waals surface area contributed by atoms with Crippen molar-refractivity contribution < 1.29 is 19.0 Å². The van der Waals surface area contributed by atoms with Gasteiger partial charge in [-0.15, -0.1) is 6.58 Å². The number of hydrogen-bond acceptors (Lipinski definition) is 4. The lowest BCUT2D eigenvalue weighted by atomic mass is 9.71. The van der Waals surface area contributed by atoms with Crippen LogP contribution in [0.4, 0.5) is 0 Å². The Morgan fingerprint density at radius 1 is 1.52 bits per heavy atom. The fraction of sp³-hybridized carbons (Fsp3) is 0.450. The standard InChI is InChI=1S/C20H23ClO4/c1-4-5-15-11-20(19(10-17(15)22)24-12-25-20)13(2)8-14-6-7-18(23-3)16(21)9-14/h4,6-7,9-10,13,15H,1,5,8,11-12H2,2-3H3/t13-,15-,20+/m0/s1. The fourth-order valence-corrected chi connectivity index (χ4v) is 4.05. The van der Waals surface area contributed by atoms with Crippen molar-refractivity contribution in [1.29, 1.82) is 0 Å². The van der Waals surface area contributed by atoms with E-state index in [2.05, 4.69) is 13.5 Å². The van der Waals surface area contributed by atoms with Crippen molar-refractivity contribution >= 4 is 17.4 Å². The number of halogens is 1. The second-order valence-corrected chi connectivity index (χ2v) is 7.11. The first-order valence-electron chi connectivity index (χ1n) is 8.46. The molecule has 0 aromatic heterocycles. The van der Waals surface area contributed by atoms with E-state index in [9.17, 15) is 4.79 Å². The molecule has 0 saturated carbocycles. The van der Waals surface area contributed by atoms with Crippen LogP contribution in [0.1, 0.15) is 25.3 Å². The van der Waals surface area contributed by atoms with Gasteiger partial charge in [0.1, 0.15) is 17.1 Å². The maximum Gasteiger partial charge on any atom is 0.189 e. The number of methoxy groups -OCH3 is 1. The summed E-state index contributed by atoms with van der Waals surface area (Å²) in [6.45, 7) is 6.08. The van der Waals surface area contributed by atoms with E-state index in [1.54, 1.807) is 19.3 Å². The Balaban J connectivity index is 1.85. The van der Waals surface area contributed by atoms with E-state index in [0.29, 0.717) is 29.4 Å². The van der Waals surface area contributed by atoms with Gasteiger partial charge in [0, 0.05) is 12.0 Å². The molecule has 0 unspecified atom stereocenters. The highest BCUT2D eigenvalue weighted by atomic mass is 35.5. The molecule has 2 aliphatic rings. The molecule has 0 bridgehead atoms. The topological polar surface area (TPSA) is 44.8 Å². The van der Waals surface area contributed by atoms with Gasteiger partial charge in [-0.05, 0) is 42.9 Å². The molecule has 1 aliphatic carbocycles.